The van der Waals surface area contributed by atoms with Crippen molar-refractivity contribution < 1.29 is 23.1 Å². The van der Waals surface area contributed by atoms with Crippen molar-refractivity contribution in [1.29, 1.82) is 0 Å². The van der Waals surface area contributed by atoms with Gasteiger partial charge in [0.2, 0.25) is 10.0 Å². The average molecular weight is 333 g/mol. The molecule has 1 aromatic heterocycles. The first-order valence-corrected chi connectivity index (χ1v) is 8.89. The summed E-state index contributed by atoms with van der Waals surface area (Å²) >= 11 is 1.39. The maximum Gasteiger partial charge on any atom is 0.306 e. The molecule has 118 valence electrons. The summed E-state index contributed by atoms with van der Waals surface area (Å²) in [5, 5.41) is 10.7. The van der Waals surface area contributed by atoms with Crippen LogP contribution in [0.4, 0.5) is 0 Å². The third kappa shape index (κ3) is 3.13. The molecular formula is C13H19NO5S2. The zero-order valence-corrected chi connectivity index (χ0v) is 13.8. The lowest BCUT2D eigenvalue weighted by Gasteiger charge is -2.44. The van der Waals surface area contributed by atoms with Crippen LogP contribution in [0.1, 0.15) is 23.3 Å². The third-order valence-corrected chi connectivity index (χ3v) is 6.81. The van der Waals surface area contributed by atoms with Crippen LogP contribution in [-0.2, 0) is 19.6 Å². The molecule has 0 spiro atoms. The fourth-order valence-corrected chi connectivity index (χ4v) is 5.40. The number of carboxylic acid groups (broad SMARTS) is 1. The Morgan fingerprint density at radius 3 is 2.57 bits per heavy atom. The van der Waals surface area contributed by atoms with Crippen LogP contribution in [0.3, 0.4) is 0 Å². The van der Waals surface area contributed by atoms with E-state index in [9.17, 15) is 13.2 Å². The van der Waals surface area contributed by atoms with Crippen LogP contribution >= 0.6 is 11.3 Å². The minimum Gasteiger partial charge on any atom is -0.481 e. The van der Waals surface area contributed by atoms with Gasteiger partial charge in [0, 0.05) is 18.5 Å². The van der Waals surface area contributed by atoms with Crippen molar-refractivity contribution in [2.24, 2.45) is 5.92 Å². The van der Waals surface area contributed by atoms with Crippen molar-refractivity contribution in [2.75, 3.05) is 13.7 Å². The highest BCUT2D eigenvalue weighted by molar-refractivity contribution is 7.89. The summed E-state index contributed by atoms with van der Waals surface area (Å²) in [5.74, 6) is -1.32. The summed E-state index contributed by atoms with van der Waals surface area (Å²) in [6.45, 7) is 3.61. The molecule has 8 heteroatoms. The Bertz CT molecular complexity index is 624. The lowest BCUT2D eigenvalue weighted by atomic mass is 9.71. The van der Waals surface area contributed by atoms with E-state index in [4.69, 9.17) is 9.84 Å². The van der Waals surface area contributed by atoms with E-state index in [1.165, 1.54) is 18.4 Å². The van der Waals surface area contributed by atoms with Gasteiger partial charge in [-0.15, -0.1) is 11.3 Å². The number of thiophene rings is 1. The highest BCUT2D eigenvalue weighted by Gasteiger charge is 2.48. The first kappa shape index (κ1) is 16.4. The summed E-state index contributed by atoms with van der Waals surface area (Å²) in [7, 11) is -2.12. The zero-order chi connectivity index (χ0) is 15.8. The minimum absolute atomic E-state index is 0.0876. The molecule has 0 unspecified atom stereocenters. The van der Waals surface area contributed by atoms with Crippen LogP contribution in [0.2, 0.25) is 0 Å². The van der Waals surface area contributed by atoms with Gasteiger partial charge in [-0.1, -0.05) is 0 Å². The number of ether oxygens (including phenoxy) is 1. The van der Waals surface area contributed by atoms with Crippen molar-refractivity contribution in [3.05, 3.63) is 15.8 Å². The number of hydrogen-bond donors (Lipinski definition) is 2. The average Bonchev–Trinajstić information content (AvgIpc) is 2.68. The Balaban J connectivity index is 2.07. The molecule has 6 nitrogen and oxygen atoms in total. The van der Waals surface area contributed by atoms with Crippen molar-refractivity contribution >= 4 is 27.3 Å². The number of aryl methyl sites for hydroxylation is 2. The highest BCUT2D eigenvalue weighted by atomic mass is 32.2. The van der Waals surface area contributed by atoms with E-state index in [-0.39, 0.29) is 6.54 Å². The zero-order valence-electron chi connectivity index (χ0n) is 12.2. The van der Waals surface area contributed by atoms with Gasteiger partial charge in [-0.3, -0.25) is 4.79 Å². The molecule has 0 bridgehead atoms. The molecule has 0 radical (unpaired) electrons. The number of aliphatic carboxylic acids is 1. The van der Waals surface area contributed by atoms with Crippen molar-refractivity contribution in [1.82, 2.24) is 4.72 Å². The summed E-state index contributed by atoms with van der Waals surface area (Å²) < 4.78 is 32.7. The SMILES string of the molecule is COC1(CNS(=O)(=O)c2c(C)csc2C)CC(C(=O)O)C1. The number of nitrogens with one attached hydrogen (secondary N) is 1. The molecule has 0 aromatic carbocycles. The quantitative estimate of drug-likeness (QED) is 0.823. The van der Waals surface area contributed by atoms with E-state index in [2.05, 4.69) is 4.72 Å². The molecule has 1 aliphatic rings. The van der Waals surface area contributed by atoms with E-state index < -0.39 is 27.5 Å². The molecule has 0 atom stereocenters. The molecule has 2 rings (SSSR count). The smallest absolute Gasteiger partial charge is 0.306 e. The Kier molecular flexibility index (Phi) is 4.44. The first-order chi connectivity index (χ1) is 9.71. The standard InChI is InChI=1S/C13H19NO5S2/c1-8-6-20-9(2)11(8)21(17,18)14-7-13(19-3)4-10(5-13)12(15)16/h6,10,14H,4-5,7H2,1-3H3,(H,15,16). The highest BCUT2D eigenvalue weighted by Crippen LogP contribution is 2.40. The second-order valence-corrected chi connectivity index (χ2v) is 8.25. The molecular weight excluding hydrogens is 314 g/mol. The fraction of sp³-hybridized carbons (Fsp3) is 0.615. The van der Waals surface area contributed by atoms with E-state index in [0.717, 1.165) is 4.88 Å². The van der Waals surface area contributed by atoms with Crippen LogP contribution in [0.25, 0.3) is 0 Å². The number of rotatable bonds is 6. The topological polar surface area (TPSA) is 92.7 Å². The van der Waals surface area contributed by atoms with Crippen molar-refractivity contribution in [3.8, 4) is 0 Å². The lowest BCUT2D eigenvalue weighted by molar-refractivity contribution is -0.161. The lowest BCUT2D eigenvalue weighted by Crippen LogP contribution is -2.55. The maximum absolute atomic E-state index is 12.4. The van der Waals surface area contributed by atoms with E-state index in [0.29, 0.717) is 23.3 Å². The van der Waals surface area contributed by atoms with Gasteiger partial charge in [-0.25, -0.2) is 13.1 Å². The van der Waals surface area contributed by atoms with Gasteiger partial charge in [-0.2, -0.15) is 0 Å². The third-order valence-electron chi connectivity index (χ3n) is 3.96. The molecule has 0 saturated heterocycles. The molecule has 1 fully saturated rings. The molecule has 1 aliphatic carbocycles. The Morgan fingerprint density at radius 1 is 1.52 bits per heavy atom. The first-order valence-electron chi connectivity index (χ1n) is 6.53. The van der Waals surface area contributed by atoms with Gasteiger partial charge in [0.15, 0.2) is 0 Å². The number of sulfonamides is 1. The molecule has 2 N–H and O–H groups in total. The van der Waals surface area contributed by atoms with Crippen LogP contribution in [0, 0.1) is 19.8 Å². The van der Waals surface area contributed by atoms with Gasteiger partial charge in [0.05, 0.1) is 16.4 Å². The maximum atomic E-state index is 12.4. The monoisotopic (exact) mass is 333 g/mol. The summed E-state index contributed by atoms with van der Waals surface area (Å²) in [4.78, 5) is 11.9. The molecule has 1 aromatic rings. The molecule has 0 amide bonds. The number of carboxylic acids is 1. The normalized spacial score (nSPS) is 25.6. The summed E-state index contributed by atoms with van der Waals surface area (Å²) in [6.07, 6.45) is 0.645. The molecule has 1 saturated carbocycles. The molecule has 21 heavy (non-hydrogen) atoms. The van der Waals surface area contributed by atoms with E-state index in [1.54, 1.807) is 19.2 Å². The molecule has 0 aliphatic heterocycles. The van der Waals surface area contributed by atoms with Gasteiger partial charge < -0.3 is 9.84 Å². The Morgan fingerprint density at radius 2 is 2.14 bits per heavy atom. The molecule has 1 heterocycles. The van der Waals surface area contributed by atoms with Gasteiger partial charge in [0.25, 0.3) is 0 Å². The number of methoxy groups -OCH3 is 1. The van der Waals surface area contributed by atoms with Gasteiger partial charge >= 0.3 is 5.97 Å². The largest absolute Gasteiger partial charge is 0.481 e. The second kappa shape index (κ2) is 5.68. The van der Waals surface area contributed by atoms with Crippen LogP contribution in [0.5, 0.6) is 0 Å². The Labute approximate surface area is 128 Å². The van der Waals surface area contributed by atoms with Gasteiger partial charge in [0.1, 0.15) is 0 Å². The number of carbonyl (C=O) groups is 1. The summed E-state index contributed by atoms with van der Waals surface area (Å²) in [6, 6.07) is 0. The predicted octanol–water partition coefficient (Wildman–Crippen LogP) is 1.52. The Hall–Kier alpha value is -0.960. The van der Waals surface area contributed by atoms with E-state index in [1.807, 2.05) is 0 Å². The van der Waals surface area contributed by atoms with Crippen molar-refractivity contribution in [3.63, 3.8) is 0 Å². The predicted molar refractivity (Wildman–Crippen MR) is 79.1 cm³/mol. The number of hydrogen-bond acceptors (Lipinski definition) is 5. The second-order valence-electron chi connectivity index (χ2n) is 5.46. The van der Waals surface area contributed by atoms with E-state index >= 15 is 0 Å². The summed E-state index contributed by atoms with van der Waals surface area (Å²) in [5.41, 5.74) is 0.00187. The van der Waals surface area contributed by atoms with Crippen LogP contribution < -0.4 is 4.72 Å². The van der Waals surface area contributed by atoms with Crippen molar-refractivity contribution in [2.45, 2.75) is 37.2 Å². The van der Waals surface area contributed by atoms with Crippen LogP contribution in [-0.4, -0.2) is 38.7 Å². The fourth-order valence-electron chi connectivity index (χ4n) is 2.66. The van der Waals surface area contributed by atoms with Crippen LogP contribution in [0.15, 0.2) is 10.3 Å². The minimum atomic E-state index is -3.60. The van der Waals surface area contributed by atoms with Gasteiger partial charge in [-0.05, 0) is 37.6 Å².